The van der Waals surface area contributed by atoms with Crippen LogP contribution in [0.25, 0.3) is 17.0 Å². The zero-order chi connectivity index (χ0) is 10.5. The predicted octanol–water partition coefficient (Wildman–Crippen LogP) is 1.95. The first kappa shape index (κ1) is 10.2. The molecule has 0 radical (unpaired) electrons. The van der Waals surface area contributed by atoms with E-state index in [-0.39, 0.29) is 0 Å². The summed E-state index contributed by atoms with van der Waals surface area (Å²) in [4.78, 5) is 11.3. The molecule has 0 aliphatic carbocycles. The molecule has 0 bridgehead atoms. The molecule has 0 fully saturated rings. The summed E-state index contributed by atoms with van der Waals surface area (Å²) in [7, 11) is 0. The van der Waals surface area contributed by atoms with Crippen molar-refractivity contribution in [1.29, 1.82) is 0 Å². The van der Waals surface area contributed by atoms with Crippen molar-refractivity contribution < 1.29 is 19.4 Å². The van der Waals surface area contributed by atoms with Gasteiger partial charge in [-0.3, -0.25) is 0 Å². The third-order valence-electron chi connectivity index (χ3n) is 1.95. The van der Waals surface area contributed by atoms with Crippen molar-refractivity contribution in [2.75, 3.05) is 0 Å². The van der Waals surface area contributed by atoms with E-state index in [1.54, 1.807) is 12.4 Å². The molecule has 15 heavy (non-hydrogen) atoms. The second-order valence-corrected chi connectivity index (χ2v) is 3.71. The molecule has 2 heterocycles. The van der Waals surface area contributed by atoms with Crippen LogP contribution in [0.2, 0.25) is 0 Å². The third-order valence-corrected chi connectivity index (χ3v) is 2.39. The zero-order valence-electron chi connectivity index (χ0n) is 7.92. The molecule has 0 atom stereocenters. The maximum atomic E-state index is 4.05. The number of pyridine rings is 1. The minimum atomic E-state index is 1.06. The Balaban J connectivity index is 2.25. The number of aromatic nitrogens is 2. The topological polar surface area (TPSA) is 41.0 Å². The molecular weight excluding hydrogens is 358 g/mol. The average Bonchev–Trinajstić information content (AvgIpc) is 2.67. The number of allylic oxidation sites excluding steroid dienone is 1. The van der Waals surface area contributed by atoms with Crippen LogP contribution in [0.15, 0.2) is 35.6 Å². The number of nitrogens with one attached hydrogen (secondary N) is 1. The molecule has 2 rings (SSSR count). The van der Waals surface area contributed by atoms with Gasteiger partial charge in [0.25, 0.3) is 0 Å². The van der Waals surface area contributed by atoms with Crippen LogP contribution in [0.4, 0.5) is 0 Å². The van der Waals surface area contributed by atoms with Crippen LogP contribution in [0.5, 0.6) is 0 Å². The summed E-state index contributed by atoms with van der Waals surface area (Å²) in [5, 5.41) is 1.17. The molecule has 0 aliphatic heterocycles. The molecular formula is C11H9N3W. The number of aromatic amines is 1. The fourth-order valence-electron chi connectivity index (χ4n) is 1.32. The van der Waals surface area contributed by atoms with Crippen molar-refractivity contribution in [1.82, 2.24) is 9.97 Å². The molecule has 4 heteroatoms. The molecule has 1 N–H and O–H groups in total. The van der Waals surface area contributed by atoms with Crippen molar-refractivity contribution in [3.63, 3.8) is 0 Å². The van der Waals surface area contributed by atoms with Gasteiger partial charge in [0.15, 0.2) is 0 Å². The standard InChI is InChI=1S/C11H9N3.W/c1-12-5-2-3-10-7-9-4-6-13-8-11(9)14-10;/h1-8,14H;. The molecule has 0 amide bonds. The van der Waals surface area contributed by atoms with E-state index in [0.29, 0.717) is 0 Å². The number of fused-ring (bicyclic) bond motifs is 1. The van der Waals surface area contributed by atoms with E-state index in [2.05, 4.69) is 21.0 Å². The van der Waals surface area contributed by atoms with Gasteiger partial charge in [0.2, 0.25) is 0 Å². The number of aliphatic imine (C=N–C) groups is 1. The van der Waals surface area contributed by atoms with Gasteiger partial charge in [0.1, 0.15) is 0 Å². The van der Waals surface area contributed by atoms with Crippen molar-refractivity contribution in [3.8, 4) is 0 Å². The number of hydrogen-bond acceptors (Lipinski definition) is 2. The van der Waals surface area contributed by atoms with Crippen molar-refractivity contribution in [3.05, 3.63) is 36.3 Å². The molecule has 0 aromatic carbocycles. The zero-order valence-corrected chi connectivity index (χ0v) is 10.9. The molecule has 74 valence electrons. The summed E-state index contributed by atoms with van der Waals surface area (Å²) < 4.78 is 1.83. The van der Waals surface area contributed by atoms with Gasteiger partial charge < -0.3 is 0 Å². The van der Waals surface area contributed by atoms with Gasteiger partial charge in [-0.2, -0.15) is 0 Å². The number of hydrogen-bond donors (Lipinski definition) is 1. The number of H-pyrrole nitrogens is 1. The van der Waals surface area contributed by atoms with E-state index in [0.717, 1.165) is 11.2 Å². The number of nitrogens with zero attached hydrogens (tertiary/aromatic N) is 2. The first-order valence-electron chi connectivity index (χ1n) is 4.46. The molecule has 2 aromatic heterocycles. The monoisotopic (exact) mass is 367 g/mol. The minimum absolute atomic E-state index is 1.06. The Morgan fingerprint density at radius 3 is 3.20 bits per heavy atom. The van der Waals surface area contributed by atoms with E-state index >= 15 is 0 Å². The number of rotatable bonds is 3. The Hall–Kier alpha value is -1.34. The molecule has 2 aromatic rings. The van der Waals surface area contributed by atoms with Crippen LogP contribution in [-0.4, -0.2) is 20.7 Å². The molecule has 3 nitrogen and oxygen atoms in total. The Morgan fingerprint density at radius 1 is 1.47 bits per heavy atom. The van der Waals surface area contributed by atoms with Crippen LogP contribution < -0.4 is 0 Å². The second-order valence-electron chi connectivity index (χ2n) is 2.95. The van der Waals surface area contributed by atoms with E-state index in [4.69, 9.17) is 0 Å². The Kier molecular flexibility index (Phi) is 3.36. The second kappa shape index (κ2) is 4.94. The van der Waals surface area contributed by atoms with Gasteiger partial charge in [0, 0.05) is 0 Å². The van der Waals surface area contributed by atoms with Crippen molar-refractivity contribution in [2.45, 2.75) is 0 Å². The normalized spacial score (nSPS) is 11.7. The van der Waals surface area contributed by atoms with Gasteiger partial charge in [-0.05, 0) is 0 Å². The maximum absolute atomic E-state index is 4.05. The van der Waals surface area contributed by atoms with Gasteiger partial charge in [-0.25, -0.2) is 0 Å². The molecule has 0 saturated carbocycles. The first-order valence-corrected chi connectivity index (χ1v) is 6.16. The summed E-state index contributed by atoms with van der Waals surface area (Å²) in [6, 6.07) is 4.07. The summed E-state index contributed by atoms with van der Waals surface area (Å²) in [6.07, 6.45) is 9.29. The van der Waals surface area contributed by atoms with E-state index in [1.165, 1.54) is 24.7 Å². The molecule has 0 aliphatic rings. The summed E-state index contributed by atoms with van der Waals surface area (Å²) in [6.45, 7) is 0. The molecule has 0 saturated heterocycles. The van der Waals surface area contributed by atoms with Crippen LogP contribution >= 0.6 is 0 Å². The van der Waals surface area contributed by atoms with Crippen molar-refractivity contribution in [2.24, 2.45) is 4.99 Å². The fourth-order valence-corrected chi connectivity index (χ4v) is 1.57. The van der Waals surface area contributed by atoms with Gasteiger partial charge in [0.05, 0.1) is 0 Å². The van der Waals surface area contributed by atoms with Crippen LogP contribution in [0.3, 0.4) is 0 Å². The summed E-state index contributed by atoms with van der Waals surface area (Å²) in [5.74, 6) is 0. The van der Waals surface area contributed by atoms with E-state index < -0.39 is 0 Å². The quantitative estimate of drug-likeness (QED) is 0.829. The predicted molar refractivity (Wildman–Crippen MR) is 59.7 cm³/mol. The van der Waals surface area contributed by atoms with E-state index in [1.807, 2.05) is 28.9 Å². The van der Waals surface area contributed by atoms with Crippen LogP contribution in [-0.2, 0) is 19.4 Å². The fraction of sp³-hybridized carbons (Fsp3) is 0. The van der Waals surface area contributed by atoms with Gasteiger partial charge >= 0.3 is 98.3 Å². The SMILES string of the molecule is [W]=[CH]N=CC=Cc1cc2ccncc2[nH]1. The van der Waals surface area contributed by atoms with Gasteiger partial charge in [-0.15, -0.1) is 0 Å². The first-order chi connectivity index (χ1) is 7.40. The molecule has 0 unspecified atom stereocenters. The van der Waals surface area contributed by atoms with Crippen LogP contribution in [0, 0.1) is 0 Å². The van der Waals surface area contributed by atoms with E-state index in [9.17, 15) is 0 Å². The molecule has 0 spiro atoms. The summed E-state index contributed by atoms with van der Waals surface area (Å²) in [5.41, 5.74) is 2.12. The Bertz CT molecular complexity index is 492. The Morgan fingerprint density at radius 2 is 2.40 bits per heavy atom. The summed E-state index contributed by atoms with van der Waals surface area (Å²) >= 11 is 1.35. The van der Waals surface area contributed by atoms with Crippen LogP contribution in [0.1, 0.15) is 5.69 Å². The average molecular weight is 367 g/mol. The van der Waals surface area contributed by atoms with Gasteiger partial charge in [-0.1, -0.05) is 0 Å². The Labute approximate surface area is 98.4 Å². The third kappa shape index (κ3) is 2.57. The van der Waals surface area contributed by atoms with Crippen molar-refractivity contribution >= 4 is 27.7 Å².